The van der Waals surface area contributed by atoms with Crippen LogP contribution >= 0.6 is 27.3 Å². The second-order valence-electron chi connectivity index (χ2n) is 4.37. The molecule has 4 nitrogen and oxygen atoms in total. The summed E-state index contributed by atoms with van der Waals surface area (Å²) in [4.78, 5) is 0.258. The largest absolute Gasteiger partial charge is 0.316 e. The zero-order valence-corrected chi connectivity index (χ0v) is 14.3. The van der Waals surface area contributed by atoms with Crippen molar-refractivity contribution in [2.75, 3.05) is 11.8 Å². The molecule has 0 amide bonds. The van der Waals surface area contributed by atoms with Gasteiger partial charge in [0, 0.05) is 16.4 Å². The molecular weight excluding hydrogens is 360 g/mol. The van der Waals surface area contributed by atoms with Gasteiger partial charge in [-0.2, -0.15) is 11.3 Å². The van der Waals surface area contributed by atoms with E-state index >= 15 is 0 Å². The van der Waals surface area contributed by atoms with Crippen LogP contribution in [-0.2, 0) is 16.6 Å². The van der Waals surface area contributed by atoms with Crippen LogP contribution in [0.3, 0.4) is 0 Å². The molecule has 0 unspecified atom stereocenters. The van der Waals surface area contributed by atoms with Gasteiger partial charge in [0.15, 0.2) is 0 Å². The molecule has 0 aliphatic carbocycles. The number of aryl methyl sites for hydroxylation is 1. The Morgan fingerprint density at radius 3 is 2.70 bits per heavy atom. The summed E-state index contributed by atoms with van der Waals surface area (Å²) in [5, 5.41) is 6.61. The van der Waals surface area contributed by atoms with Crippen LogP contribution in [0.2, 0.25) is 0 Å². The maximum Gasteiger partial charge on any atom is 0.263 e. The molecule has 1 aromatic carbocycles. The van der Waals surface area contributed by atoms with E-state index in [1.54, 1.807) is 17.5 Å². The molecule has 1 heterocycles. The van der Waals surface area contributed by atoms with E-state index in [2.05, 4.69) is 26.0 Å². The van der Waals surface area contributed by atoms with Crippen LogP contribution in [0, 0.1) is 6.92 Å². The Labute approximate surface area is 131 Å². The highest BCUT2D eigenvalue weighted by molar-refractivity contribution is 9.10. The predicted molar refractivity (Wildman–Crippen MR) is 86.8 cm³/mol. The normalized spacial score (nSPS) is 11.6. The molecule has 2 aromatic rings. The zero-order valence-electron chi connectivity index (χ0n) is 11.1. The molecule has 0 aliphatic rings. The van der Waals surface area contributed by atoms with E-state index in [1.807, 2.05) is 25.4 Å². The van der Waals surface area contributed by atoms with E-state index in [0.29, 0.717) is 16.7 Å². The fourth-order valence-electron chi connectivity index (χ4n) is 1.84. The minimum atomic E-state index is -3.60. The van der Waals surface area contributed by atoms with E-state index in [4.69, 9.17) is 0 Å². The summed E-state index contributed by atoms with van der Waals surface area (Å²) < 4.78 is 28.1. The minimum Gasteiger partial charge on any atom is -0.316 e. The topological polar surface area (TPSA) is 58.2 Å². The molecule has 108 valence electrons. The molecule has 0 spiro atoms. The molecule has 1 aromatic heterocycles. The van der Waals surface area contributed by atoms with Crippen LogP contribution in [0.1, 0.15) is 11.1 Å². The Kier molecular flexibility index (Phi) is 4.85. The third-order valence-electron chi connectivity index (χ3n) is 2.72. The smallest absolute Gasteiger partial charge is 0.263 e. The SMILES string of the molecule is CNCc1cc(C)c(Br)c(S(=O)(=O)Nc2ccsc2)c1. The second kappa shape index (κ2) is 6.26. The summed E-state index contributed by atoms with van der Waals surface area (Å²) in [6.45, 7) is 2.50. The lowest BCUT2D eigenvalue weighted by molar-refractivity contribution is 0.600. The van der Waals surface area contributed by atoms with Gasteiger partial charge in [-0.1, -0.05) is 6.07 Å². The molecule has 7 heteroatoms. The van der Waals surface area contributed by atoms with Gasteiger partial charge in [-0.3, -0.25) is 4.72 Å². The van der Waals surface area contributed by atoms with Crippen molar-refractivity contribution < 1.29 is 8.42 Å². The number of anilines is 1. The van der Waals surface area contributed by atoms with Gasteiger partial charge >= 0.3 is 0 Å². The summed E-state index contributed by atoms with van der Waals surface area (Å²) in [5.74, 6) is 0. The number of thiophene rings is 1. The Balaban J connectivity index is 2.44. The fourth-order valence-corrected chi connectivity index (χ4v) is 4.62. The predicted octanol–water partition coefficient (Wildman–Crippen LogP) is 3.34. The van der Waals surface area contributed by atoms with Crippen LogP contribution in [0.4, 0.5) is 5.69 Å². The summed E-state index contributed by atoms with van der Waals surface area (Å²) in [5.41, 5.74) is 2.40. The van der Waals surface area contributed by atoms with Gasteiger partial charge in [0.1, 0.15) is 4.90 Å². The van der Waals surface area contributed by atoms with E-state index in [-0.39, 0.29) is 4.90 Å². The Morgan fingerprint density at radius 1 is 1.35 bits per heavy atom. The lowest BCUT2D eigenvalue weighted by Crippen LogP contribution is -2.15. The molecule has 20 heavy (non-hydrogen) atoms. The first-order chi connectivity index (χ1) is 9.44. The summed E-state index contributed by atoms with van der Waals surface area (Å²) in [6.07, 6.45) is 0. The highest BCUT2D eigenvalue weighted by atomic mass is 79.9. The number of hydrogen-bond donors (Lipinski definition) is 2. The van der Waals surface area contributed by atoms with Gasteiger partial charge in [-0.25, -0.2) is 8.42 Å². The lowest BCUT2D eigenvalue weighted by Gasteiger charge is -2.12. The molecule has 2 N–H and O–H groups in total. The second-order valence-corrected chi connectivity index (χ2v) is 7.60. The zero-order chi connectivity index (χ0) is 14.8. The molecule has 0 bridgehead atoms. The molecule has 0 radical (unpaired) electrons. The molecule has 2 rings (SSSR count). The number of hydrogen-bond acceptors (Lipinski definition) is 4. The van der Waals surface area contributed by atoms with Crippen molar-refractivity contribution in [2.24, 2.45) is 0 Å². The van der Waals surface area contributed by atoms with Crippen molar-refractivity contribution in [3.05, 3.63) is 44.6 Å². The highest BCUT2D eigenvalue weighted by Crippen LogP contribution is 2.29. The van der Waals surface area contributed by atoms with Gasteiger partial charge in [0.2, 0.25) is 0 Å². The van der Waals surface area contributed by atoms with Crippen LogP contribution < -0.4 is 10.0 Å². The van der Waals surface area contributed by atoms with E-state index in [9.17, 15) is 8.42 Å². The molecule has 0 atom stereocenters. The first kappa shape index (κ1) is 15.5. The molecule has 0 fully saturated rings. The quantitative estimate of drug-likeness (QED) is 0.843. The summed E-state index contributed by atoms with van der Waals surface area (Å²) in [6, 6.07) is 5.38. The number of rotatable bonds is 5. The number of nitrogens with one attached hydrogen (secondary N) is 2. The average Bonchev–Trinajstić information content (AvgIpc) is 2.85. The Hall–Kier alpha value is -0.890. The third-order valence-corrected chi connectivity index (χ3v) is 6.13. The number of halogens is 1. The molecule has 0 saturated carbocycles. The van der Waals surface area contributed by atoms with E-state index in [0.717, 1.165) is 11.1 Å². The molecule has 0 aliphatic heterocycles. The lowest BCUT2D eigenvalue weighted by atomic mass is 10.1. The van der Waals surface area contributed by atoms with Crippen molar-refractivity contribution in [2.45, 2.75) is 18.4 Å². The van der Waals surface area contributed by atoms with Gasteiger partial charge in [-0.05, 0) is 58.5 Å². The molecular formula is C13H15BrN2O2S2. The number of sulfonamides is 1. The summed E-state index contributed by atoms with van der Waals surface area (Å²) in [7, 11) is -1.77. The van der Waals surface area contributed by atoms with Gasteiger partial charge in [0.25, 0.3) is 10.0 Å². The maximum absolute atomic E-state index is 12.5. The van der Waals surface area contributed by atoms with Crippen molar-refractivity contribution >= 4 is 43.0 Å². The van der Waals surface area contributed by atoms with Crippen molar-refractivity contribution in [1.29, 1.82) is 0 Å². The van der Waals surface area contributed by atoms with Crippen LogP contribution in [0.5, 0.6) is 0 Å². The molecule has 0 saturated heterocycles. The van der Waals surface area contributed by atoms with Gasteiger partial charge in [0.05, 0.1) is 5.69 Å². The standard InChI is InChI=1S/C13H15BrN2O2S2/c1-9-5-10(7-15-2)6-12(13(9)14)20(17,18)16-11-3-4-19-8-11/h3-6,8,15-16H,7H2,1-2H3. The van der Waals surface area contributed by atoms with Crippen LogP contribution in [0.25, 0.3) is 0 Å². The fraction of sp³-hybridized carbons (Fsp3) is 0.231. The Morgan fingerprint density at radius 2 is 2.10 bits per heavy atom. The number of benzene rings is 1. The maximum atomic E-state index is 12.5. The minimum absolute atomic E-state index is 0.258. The third kappa shape index (κ3) is 3.41. The van der Waals surface area contributed by atoms with Crippen LogP contribution in [0.15, 0.2) is 38.3 Å². The van der Waals surface area contributed by atoms with Crippen molar-refractivity contribution in [1.82, 2.24) is 5.32 Å². The first-order valence-corrected chi connectivity index (χ1v) is 9.14. The summed E-state index contributed by atoms with van der Waals surface area (Å²) >= 11 is 4.81. The van der Waals surface area contributed by atoms with E-state index in [1.165, 1.54) is 11.3 Å². The van der Waals surface area contributed by atoms with Gasteiger partial charge < -0.3 is 5.32 Å². The average molecular weight is 375 g/mol. The Bertz CT molecular complexity index is 697. The first-order valence-electron chi connectivity index (χ1n) is 5.92. The van der Waals surface area contributed by atoms with Crippen molar-refractivity contribution in [3.8, 4) is 0 Å². The monoisotopic (exact) mass is 374 g/mol. The van der Waals surface area contributed by atoms with Crippen LogP contribution in [-0.4, -0.2) is 15.5 Å². The van der Waals surface area contributed by atoms with Gasteiger partial charge in [-0.15, -0.1) is 0 Å². The van der Waals surface area contributed by atoms with Crippen molar-refractivity contribution in [3.63, 3.8) is 0 Å². The highest BCUT2D eigenvalue weighted by Gasteiger charge is 2.20. The van der Waals surface area contributed by atoms with E-state index < -0.39 is 10.0 Å².